The monoisotopic (exact) mass is 406 g/mol. The lowest BCUT2D eigenvalue weighted by atomic mass is 10.1. The summed E-state index contributed by atoms with van der Waals surface area (Å²) in [4.78, 5) is 34.5. The molecule has 1 amide bonds. The maximum atomic E-state index is 13.0. The summed E-state index contributed by atoms with van der Waals surface area (Å²) in [6.07, 6.45) is 1.61. The largest absolute Gasteiger partial charge is 0.322 e. The summed E-state index contributed by atoms with van der Waals surface area (Å²) in [7, 11) is 0. The van der Waals surface area contributed by atoms with Crippen molar-refractivity contribution in [3.8, 4) is 5.69 Å². The Morgan fingerprint density at radius 2 is 1.74 bits per heavy atom. The van der Waals surface area contributed by atoms with Gasteiger partial charge in [0.1, 0.15) is 5.82 Å². The minimum absolute atomic E-state index is 0.200. The van der Waals surface area contributed by atoms with E-state index in [1.807, 2.05) is 42.5 Å². The quantitative estimate of drug-likeness (QED) is 0.479. The van der Waals surface area contributed by atoms with E-state index in [9.17, 15) is 9.59 Å². The Morgan fingerprint density at radius 3 is 2.61 bits per heavy atom. The molecule has 3 aromatic carbocycles. The molecule has 0 unspecified atom stereocenters. The maximum Gasteiger partial charge on any atom is 0.267 e. The number of aryl methyl sites for hydroxylation is 1. The van der Waals surface area contributed by atoms with Gasteiger partial charge in [-0.15, -0.1) is 0 Å². The molecule has 0 saturated carbocycles. The second-order valence-electron chi connectivity index (χ2n) is 7.24. The fourth-order valence-corrected chi connectivity index (χ4v) is 3.68. The molecular formula is C25H18N4O2. The van der Waals surface area contributed by atoms with E-state index in [0.29, 0.717) is 33.8 Å². The maximum absolute atomic E-state index is 13.0. The summed E-state index contributed by atoms with van der Waals surface area (Å²) in [5.74, 6) is 0.307. The molecule has 5 aromatic rings. The lowest BCUT2D eigenvalue weighted by molar-refractivity contribution is 0.102. The van der Waals surface area contributed by atoms with E-state index in [4.69, 9.17) is 0 Å². The van der Waals surface area contributed by atoms with Gasteiger partial charge in [0, 0.05) is 17.4 Å². The molecule has 6 heteroatoms. The van der Waals surface area contributed by atoms with Crippen molar-refractivity contribution in [1.29, 1.82) is 0 Å². The van der Waals surface area contributed by atoms with Crippen LogP contribution >= 0.6 is 0 Å². The van der Waals surface area contributed by atoms with Crippen LogP contribution in [0.15, 0.2) is 89.9 Å². The van der Waals surface area contributed by atoms with Gasteiger partial charge in [0.15, 0.2) is 5.65 Å². The van der Waals surface area contributed by atoms with Gasteiger partial charge in [-0.3, -0.25) is 14.2 Å². The summed E-state index contributed by atoms with van der Waals surface area (Å²) in [6.45, 7) is 1.76. The van der Waals surface area contributed by atoms with E-state index < -0.39 is 0 Å². The number of carbonyl (C=O) groups is 1. The Bertz CT molecular complexity index is 1520. The summed E-state index contributed by atoms with van der Waals surface area (Å²) < 4.78 is 1.52. The highest BCUT2D eigenvalue weighted by Gasteiger charge is 2.12. The first kappa shape index (κ1) is 18.7. The second-order valence-corrected chi connectivity index (χ2v) is 7.24. The third-order valence-electron chi connectivity index (χ3n) is 5.19. The van der Waals surface area contributed by atoms with E-state index in [2.05, 4.69) is 15.3 Å². The number of benzene rings is 3. The zero-order chi connectivity index (χ0) is 21.4. The van der Waals surface area contributed by atoms with E-state index in [-0.39, 0.29) is 11.5 Å². The molecule has 0 radical (unpaired) electrons. The Morgan fingerprint density at radius 1 is 0.903 bits per heavy atom. The number of amides is 1. The molecule has 0 fully saturated rings. The number of fused-ring (bicyclic) bond motifs is 2. The predicted octanol–water partition coefficient (Wildman–Crippen LogP) is 4.49. The third kappa shape index (κ3) is 3.44. The van der Waals surface area contributed by atoms with Crippen LogP contribution in [0.3, 0.4) is 0 Å². The van der Waals surface area contributed by atoms with Gasteiger partial charge < -0.3 is 5.32 Å². The number of rotatable bonds is 3. The zero-order valence-electron chi connectivity index (χ0n) is 16.7. The Kier molecular flexibility index (Phi) is 4.52. The van der Waals surface area contributed by atoms with Gasteiger partial charge in [-0.25, -0.2) is 9.97 Å². The first-order chi connectivity index (χ1) is 15.1. The fraction of sp³-hybridized carbons (Fsp3) is 0.0400. The van der Waals surface area contributed by atoms with Gasteiger partial charge in [0.25, 0.3) is 11.5 Å². The molecule has 5 rings (SSSR count). The van der Waals surface area contributed by atoms with E-state index in [1.165, 1.54) is 4.57 Å². The van der Waals surface area contributed by atoms with Crippen LogP contribution in [0.25, 0.3) is 27.5 Å². The first-order valence-corrected chi connectivity index (χ1v) is 9.85. The number of pyridine rings is 1. The van der Waals surface area contributed by atoms with E-state index >= 15 is 0 Å². The predicted molar refractivity (Wildman–Crippen MR) is 122 cm³/mol. The second kappa shape index (κ2) is 7.50. The van der Waals surface area contributed by atoms with Crippen molar-refractivity contribution in [1.82, 2.24) is 14.5 Å². The molecule has 0 spiro atoms. The summed E-state index contributed by atoms with van der Waals surface area (Å²) in [5.41, 5.74) is 2.00. The van der Waals surface area contributed by atoms with E-state index in [0.717, 1.165) is 10.8 Å². The molecule has 2 aromatic heterocycles. The number of nitrogens with one attached hydrogen (secondary N) is 1. The third-order valence-corrected chi connectivity index (χ3v) is 5.19. The highest BCUT2D eigenvalue weighted by molar-refractivity contribution is 6.06. The van der Waals surface area contributed by atoms with Crippen LogP contribution in [0.1, 0.15) is 16.2 Å². The molecular weight excluding hydrogens is 388 g/mol. The summed E-state index contributed by atoms with van der Waals surface area (Å²) in [6, 6.07) is 24.1. The molecule has 0 aliphatic heterocycles. The first-order valence-electron chi connectivity index (χ1n) is 9.85. The standard InChI is InChI=1S/C25H18N4O2/c1-16-27-23-22(10-5-13-26-23)25(31)29(16)21-9-4-8-20(15-21)28-24(30)19-12-11-17-6-2-3-7-18(17)14-19/h2-15H,1H3,(H,28,30). The Hall–Kier alpha value is -4.32. The van der Waals surface area contributed by atoms with Gasteiger partial charge >= 0.3 is 0 Å². The van der Waals surface area contributed by atoms with Crippen molar-refractivity contribution >= 4 is 33.4 Å². The van der Waals surface area contributed by atoms with Crippen molar-refractivity contribution in [2.45, 2.75) is 6.92 Å². The average molecular weight is 406 g/mol. The van der Waals surface area contributed by atoms with Gasteiger partial charge in [-0.05, 0) is 60.2 Å². The topological polar surface area (TPSA) is 76.9 Å². The lowest BCUT2D eigenvalue weighted by Gasteiger charge is -2.12. The molecule has 0 atom stereocenters. The number of hydrogen-bond donors (Lipinski definition) is 1. The molecule has 1 N–H and O–H groups in total. The highest BCUT2D eigenvalue weighted by atomic mass is 16.1. The van der Waals surface area contributed by atoms with Crippen molar-refractivity contribution in [3.05, 3.63) is 107 Å². The van der Waals surface area contributed by atoms with Crippen LogP contribution in [0, 0.1) is 6.92 Å². The molecule has 0 aliphatic carbocycles. The van der Waals surface area contributed by atoms with Crippen LogP contribution in [-0.4, -0.2) is 20.4 Å². The highest BCUT2D eigenvalue weighted by Crippen LogP contribution is 2.19. The molecule has 6 nitrogen and oxygen atoms in total. The molecule has 2 heterocycles. The minimum Gasteiger partial charge on any atom is -0.322 e. The molecule has 0 aliphatic rings. The summed E-state index contributed by atoms with van der Waals surface area (Å²) in [5, 5.41) is 5.45. The van der Waals surface area contributed by atoms with Crippen LogP contribution in [0.2, 0.25) is 0 Å². The van der Waals surface area contributed by atoms with Crippen molar-refractivity contribution in [2.75, 3.05) is 5.32 Å². The van der Waals surface area contributed by atoms with E-state index in [1.54, 1.807) is 49.5 Å². The minimum atomic E-state index is -0.215. The van der Waals surface area contributed by atoms with Gasteiger partial charge in [0.2, 0.25) is 0 Å². The van der Waals surface area contributed by atoms with Crippen molar-refractivity contribution in [2.24, 2.45) is 0 Å². The Labute approximate surface area is 177 Å². The molecule has 0 saturated heterocycles. The van der Waals surface area contributed by atoms with Crippen molar-refractivity contribution < 1.29 is 4.79 Å². The lowest BCUT2D eigenvalue weighted by Crippen LogP contribution is -2.22. The van der Waals surface area contributed by atoms with Crippen LogP contribution in [0.4, 0.5) is 5.69 Å². The summed E-state index contributed by atoms with van der Waals surface area (Å²) >= 11 is 0. The van der Waals surface area contributed by atoms with Gasteiger partial charge in [-0.1, -0.05) is 36.4 Å². The van der Waals surface area contributed by atoms with Gasteiger partial charge in [0.05, 0.1) is 11.1 Å². The van der Waals surface area contributed by atoms with Crippen LogP contribution in [0.5, 0.6) is 0 Å². The molecule has 150 valence electrons. The normalized spacial score (nSPS) is 11.0. The van der Waals surface area contributed by atoms with Gasteiger partial charge in [-0.2, -0.15) is 0 Å². The Balaban J connectivity index is 1.50. The van der Waals surface area contributed by atoms with Crippen molar-refractivity contribution in [3.63, 3.8) is 0 Å². The number of carbonyl (C=O) groups excluding carboxylic acids is 1. The molecule has 31 heavy (non-hydrogen) atoms. The zero-order valence-corrected chi connectivity index (χ0v) is 16.7. The fourth-order valence-electron chi connectivity index (χ4n) is 3.68. The number of aromatic nitrogens is 3. The van der Waals surface area contributed by atoms with Crippen LogP contribution < -0.4 is 10.9 Å². The molecule has 0 bridgehead atoms. The number of hydrogen-bond acceptors (Lipinski definition) is 4. The number of nitrogens with zero attached hydrogens (tertiary/aromatic N) is 3. The smallest absolute Gasteiger partial charge is 0.267 e. The average Bonchev–Trinajstić information content (AvgIpc) is 2.79. The van der Waals surface area contributed by atoms with Crippen LogP contribution in [-0.2, 0) is 0 Å². The SMILES string of the molecule is Cc1nc2ncccc2c(=O)n1-c1cccc(NC(=O)c2ccc3ccccc3c2)c1. The number of anilines is 1.